The molecule has 0 radical (unpaired) electrons. The third-order valence-electron chi connectivity index (χ3n) is 2.91. The number of nitrogens with zero attached hydrogens (tertiary/aromatic N) is 1. The van der Waals surface area contributed by atoms with E-state index in [2.05, 4.69) is 14.9 Å². The number of nitrogens with one attached hydrogen (secondary N) is 2. The first kappa shape index (κ1) is 14.9. The third kappa shape index (κ3) is 6.35. The smallest absolute Gasteiger partial charge is 0.213 e. The molecule has 0 aliphatic carbocycles. The standard InChI is InChI=1S/C11H25N3O2S/c1-3-12-6-9-17(15,16)13-11(2)10-14-7-4-5-8-14/h11-13H,3-10H2,1-2H3. The van der Waals surface area contributed by atoms with Gasteiger partial charge in [-0.05, 0) is 39.4 Å². The molecule has 17 heavy (non-hydrogen) atoms. The van der Waals surface area contributed by atoms with Crippen molar-refractivity contribution in [2.75, 3.05) is 38.5 Å². The molecule has 0 amide bonds. The molecule has 0 spiro atoms. The van der Waals surface area contributed by atoms with Crippen molar-refractivity contribution in [2.24, 2.45) is 0 Å². The number of rotatable bonds is 8. The van der Waals surface area contributed by atoms with Gasteiger partial charge in [0, 0.05) is 19.1 Å². The lowest BCUT2D eigenvalue weighted by Gasteiger charge is -2.21. The van der Waals surface area contributed by atoms with Crippen molar-refractivity contribution >= 4 is 10.0 Å². The molecular formula is C11H25N3O2S. The molecule has 1 saturated heterocycles. The molecule has 6 heteroatoms. The Labute approximate surface area is 105 Å². The van der Waals surface area contributed by atoms with E-state index < -0.39 is 10.0 Å². The molecule has 0 aromatic carbocycles. The van der Waals surface area contributed by atoms with Gasteiger partial charge in [-0.2, -0.15) is 0 Å². The summed E-state index contributed by atoms with van der Waals surface area (Å²) in [4.78, 5) is 2.32. The summed E-state index contributed by atoms with van der Waals surface area (Å²) in [5, 5.41) is 3.02. The van der Waals surface area contributed by atoms with E-state index in [1.807, 2.05) is 13.8 Å². The van der Waals surface area contributed by atoms with Crippen LogP contribution in [0.2, 0.25) is 0 Å². The minimum Gasteiger partial charge on any atom is -0.316 e. The Kier molecular flexibility index (Phi) is 6.40. The molecule has 1 heterocycles. The Bertz CT molecular complexity index is 300. The number of likely N-dealkylation sites (tertiary alicyclic amines) is 1. The Morgan fingerprint density at radius 1 is 1.29 bits per heavy atom. The first-order valence-electron chi connectivity index (χ1n) is 6.46. The Morgan fingerprint density at radius 2 is 1.94 bits per heavy atom. The lowest BCUT2D eigenvalue weighted by Crippen LogP contribution is -2.43. The molecule has 102 valence electrons. The fourth-order valence-electron chi connectivity index (χ4n) is 2.14. The van der Waals surface area contributed by atoms with Gasteiger partial charge in [-0.15, -0.1) is 0 Å². The number of hydrogen-bond acceptors (Lipinski definition) is 4. The van der Waals surface area contributed by atoms with Crippen molar-refractivity contribution in [1.29, 1.82) is 0 Å². The summed E-state index contributed by atoms with van der Waals surface area (Å²) >= 11 is 0. The van der Waals surface area contributed by atoms with Crippen LogP contribution in [-0.4, -0.2) is 57.8 Å². The van der Waals surface area contributed by atoms with Crippen molar-refractivity contribution < 1.29 is 8.42 Å². The van der Waals surface area contributed by atoms with E-state index >= 15 is 0 Å². The van der Waals surface area contributed by atoms with E-state index in [1.165, 1.54) is 12.8 Å². The van der Waals surface area contributed by atoms with E-state index in [9.17, 15) is 8.42 Å². The monoisotopic (exact) mass is 263 g/mol. The molecule has 1 unspecified atom stereocenters. The maximum Gasteiger partial charge on any atom is 0.213 e. The minimum atomic E-state index is -3.13. The van der Waals surface area contributed by atoms with E-state index in [-0.39, 0.29) is 11.8 Å². The fourth-order valence-corrected chi connectivity index (χ4v) is 3.36. The molecule has 1 rings (SSSR count). The van der Waals surface area contributed by atoms with E-state index in [4.69, 9.17) is 0 Å². The van der Waals surface area contributed by atoms with Gasteiger partial charge in [0.2, 0.25) is 10.0 Å². The third-order valence-corrected chi connectivity index (χ3v) is 4.41. The zero-order chi connectivity index (χ0) is 12.7. The summed E-state index contributed by atoms with van der Waals surface area (Å²) < 4.78 is 26.2. The zero-order valence-corrected chi connectivity index (χ0v) is 11.7. The van der Waals surface area contributed by atoms with Gasteiger partial charge in [-0.3, -0.25) is 0 Å². The highest BCUT2D eigenvalue weighted by atomic mass is 32.2. The van der Waals surface area contributed by atoms with Crippen LogP contribution in [-0.2, 0) is 10.0 Å². The summed E-state index contributed by atoms with van der Waals surface area (Å²) in [6.07, 6.45) is 2.47. The van der Waals surface area contributed by atoms with Gasteiger partial charge in [-0.25, -0.2) is 13.1 Å². The topological polar surface area (TPSA) is 61.4 Å². The van der Waals surface area contributed by atoms with Crippen LogP contribution in [0.3, 0.4) is 0 Å². The lowest BCUT2D eigenvalue weighted by atomic mass is 10.3. The van der Waals surface area contributed by atoms with Crippen molar-refractivity contribution in [3.05, 3.63) is 0 Å². The predicted octanol–water partition coefficient (Wildman–Crippen LogP) is -0.000400. The highest BCUT2D eigenvalue weighted by molar-refractivity contribution is 7.89. The largest absolute Gasteiger partial charge is 0.316 e. The van der Waals surface area contributed by atoms with Crippen LogP contribution in [0, 0.1) is 0 Å². The van der Waals surface area contributed by atoms with Gasteiger partial charge < -0.3 is 10.2 Å². The summed E-state index contributed by atoms with van der Waals surface area (Å²) in [6, 6.07) is -0.000253. The quantitative estimate of drug-likeness (QED) is 0.605. The van der Waals surface area contributed by atoms with Gasteiger partial charge in [0.05, 0.1) is 5.75 Å². The van der Waals surface area contributed by atoms with Crippen LogP contribution in [0.4, 0.5) is 0 Å². The minimum absolute atomic E-state index is 0.000253. The molecule has 0 aromatic rings. The summed E-state index contributed by atoms with van der Waals surface area (Å²) in [6.45, 7) is 8.24. The lowest BCUT2D eigenvalue weighted by molar-refractivity contribution is 0.313. The van der Waals surface area contributed by atoms with Gasteiger partial charge >= 0.3 is 0 Å². The van der Waals surface area contributed by atoms with E-state index in [0.717, 1.165) is 26.2 Å². The second-order valence-electron chi connectivity index (χ2n) is 4.70. The normalized spacial score (nSPS) is 19.6. The van der Waals surface area contributed by atoms with Crippen LogP contribution in [0.5, 0.6) is 0 Å². The average molecular weight is 263 g/mol. The average Bonchev–Trinajstić information content (AvgIpc) is 2.69. The fraction of sp³-hybridized carbons (Fsp3) is 1.00. The number of hydrogen-bond donors (Lipinski definition) is 2. The van der Waals surface area contributed by atoms with Gasteiger partial charge in [0.1, 0.15) is 0 Å². The first-order chi connectivity index (χ1) is 8.03. The SMILES string of the molecule is CCNCCS(=O)(=O)NC(C)CN1CCCC1. The van der Waals surface area contributed by atoms with E-state index in [1.54, 1.807) is 0 Å². The van der Waals surface area contributed by atoms with Crippen molar-refractivity contribution in [3.63, 3.8) is 0 Å². The first-order valence-corrected chi connectivity index (χ1v) is 8.12. The van der Waals surface area contributed by atoms with Crippen LogP contribution < -0.4 is 10.0 Å². The Hall–Kier alpha value is -0.170. The molecule has 0 saturated carbocycles. The van der Waals surface area contributed by atoms with Gasteiger partial charge in [0.15, 0.2) is 0 Å². The number of sulfonamides is 1. The van der Waals surface area contributed by atoms with Crippen molar-refractivity contribution in [2.45, 2.75) is 32.7 Å². The van der Waals surface area contributed by atoms with Crippen LogP contribution in [0.25, 0.3) is 0 Å². The molecule has 1 aliphatic rings. The van der Waals surface area contributed by atoms with Gasteiger partial charge in [-0.1, -0.05) is 6.92 Å². The van der Waals surface area contributed by atoms with E-state index in [0.29, 0.717) is 6.54 Å². The van der Waals surface area contributed by atoms with Crippen molar-refractivity contribution in [3.8, 4) is 0 Å². The molecule has 1 atom stereocenters. The van der Waals surface area contributed by atoms with Crippen LogP contribution in [0.15, 0.2) is 0 Å². The molecule has 1 fully saturated rings. The second-order valence-corrected chi connectivity index (χ2v) is 6.57. The van der Waals surface area contributed by atoms with Crippen LogP contribution in [0.1, 0.15) is 26.7 Å². The van der Waals surface area contributed by atoms with Gasteiger partial charge in [0.25, 0.3) is 0 Å². The second kappa shape index (κ2) is 7.31. The Balaban J connectivity index is 2.25. The zero-order valence-electron chi connectivity index (χ0n) is 10.9. The van der Waals surface area contributed by atoms with Crippen LogP contribution >= 0.6 is 0 Å². The van der Waals surface area contributed by atoms with Crippen molar-refractivity contribution in [1.82, 2.24) is 14.9 Å². The molecule has 1 aliphatic heterocycles. The molecule has 2 N–H and O–H groups in total. The highest BCUT2D eigenvalue weighted by Crippen LogP contribution is 2.07. The molecular weight excluding hydrogens is 238 g/mol. The maximum absolute atomic E-state index is 11.7. The predicted molar refractivity (Wildman–Crippen MR) is 70.6 cm³/mol. The highest BCUT2D eigenvalue weighted by Gasteiger charge is 2.18. The maximum atomic E-state index is 11.7. The summed E-state index contributed by atoms with van der Waals surface area (Å²) in [7, 11) is -3.13. The summed E-state index contributed by atoms with van der Waals surface area (Å²) in [5.41, 5.74) is 0. The summed E-state index contributed by atoms with van der Waals surface area (Å²) in [5.74, 6) is 0.158. The Morgan fingerprint density at radius 3 is 2.53 bits per heavy atom. The molecule has 0 bridgehead atoms. The molecule has 5 nitrogen and oxygen atoms in total. The molecule has 0 aromatic heterocycles.